The molecular formula is C8H18N2O. The van der Waals surface area contributed by atoms with Crippen molar-refractivity contribution in [2.45, 2.75) is 37.8 Å². The van der Waals surface area contributed by atoms with Gasteiger partial charge in [-0.1, -0.05) is 0 Å². The Bertz CT molecular complexity index is 100. The van der Waals surface area contributed by atoms with Crippen molar-refractivity contribution in [2.75, 3.05) is 14.2 Å². The second kappa shape index (κ2) is 4.70. The maximum Gasteiger partial charge on any atom is 0.0572 e. The Hall–Kier alpha value is -0.120. The summed E-state index contributed by atoms with van der Waals surface area (Å²) in [5.41, 5.74) is 3.00. The topological polar surface area (TPSA) is 33.3 Å². The van der Waals surface area contributed by atoms with E-state index in [1.165, 1.54) is 25.7 Å². The molecule has 0 amide bonds. The van der Waals surface area contributed by atoms with Gasteiger partial charge in [-0.15, -0.1) is 0 Å². The van der Waals surface area contributed by atoms with Gasteiger partial charge in [0, 0.05) is 12.1 Å². The zero-order valence-electron chi connectivity index (χ0n) is 7.39. The molecule has 0 spiro atoms. The van der Waals surface area contributed by atoms with Crippen molar-refractivity contribution < 1.29 is 4.84 Å². The summed E-state index contributed by atoms with van der Waals surface area (Å²) in [5.74, 6) is 0. The first kappa shape index (κ1) is 8.97. The number of nitrogens with one attached hydrogen (secondary N) is 2. The summed E-state index contributed by atoms with van der Waals surface area (Å²) in [5, 5.41) is 3.30. The molecule has 0 saturated heterocycles. The largest absolute Gasteiger partial charge is 0.317 e. The lowest BCUT2D eigenvalue weighted by Gasteiger charge is -2.27. The Labute approximate surface area is 68.5 Å². The molecule has 2 N–H and O–H groups in total. The van der Waals surface area contributed by atoms with Crippen molar-refractivity contribution in [3.63, 3.8) is 0 Å². The van der Waals surface area contributed by atoms with Crippen LogP contribution in [0.1, 0.15) is 25.7 Å². The van der Waals surface area contributed by atoms with Gasteiger partial charge >= 0.3 is 0 Å². The van der Waals surface area contributed by atoms with Crippen LogP contribution in [-0.4, -0.2) is 26.2 Å². The lowest BCUT2D eigenvalue weighted by molar-refractivity contribution is 0.0460. The molecule has 0 aliphatic heterocycles. The molecule has 0 heterocycles. The predicted octanol–water partition coefficient (Wildman–Crippen LogP) is 0.668. The molecule has 0 aromatic carbocycles. The quantitative estimate of drug-likeness (QED) is 0.592. The van der Waals surface area contributed by atoms with Gasteiger partial charge in [-0.05, 0) is 32.7 Å². The van der Waals surface area contributed by atoms with Gasteiger partial charge < -0.3 is 10.2 Å². The van der Waals surface area contributed by atoms with E-state index in [-0.39, 0.29) is 0 Å². The van der Waals surface area contributed by atoms with Crippen LogP contribution in [0.2, 0.25) is 0 Å². The fraction of sp³-hybridized carbons (Fsp3) is 1.00. The molecule has 0 radical (unpaired) electrons. The molecule has 0 bridgehead atoms. The Balaban J connectivity index is 2.14. The Morgan fingerprint density at radius 1 is 1.09 bits per heavy atom. The monoisotopic (exact) mass is 158 g/mol. The Morgan fingerprint density at radius 2 is 1.64 bits per heavy atom. The van der Waals surface area contributed by atoms with Gasteiger partial charge in [-0.25, -0.2) is 0 Å². The minimum Gasteiger partial charge on any atom is -0.317 e. The van der Waals surface area contributed by atoms with E-state index in [9.17, 15) is 0 Å². The van der Waals surface area contributed by atoms with Crippen molar-refractivity contribution >= 4 is 0 Å². The molecule has 0 unspecified atom stereocenters. The molecule has 66 valence electrons. The molecule has 0 atom stereocenters. The van der Waals surface area contributed by atoms with E-state index >= 15 is 0 Å². The first-order chi connectivity index (χ1) is 5.36. The summed E-state index contributed by atoms with van der Waals surface area (Å²) < 4.78 is 0. The van der Waals surface area contributed by atoms with Crippen LogP contribution in [0.25, 0.3) is 0 Å². The third-order valence-corrected chi connectivity index (χ3v) is 2.42. The van der Waals surface area contributed by atoms with Crippen molar-refractivity contribution in [1.29, 1.82) is 0 Å². The van der Waals surface area contributed by atoms with Crippen molar-refractivity contribution in [1.82, 2.24) is 10.8 Å². The molecule has 11 heavy (non-hydrogen) atoms. The highest BCUT2D eigenvalue weighted by Gasteiger charge is 2.18. The zero-order chi connectivity index (χ0) is 8.10. The highest BCUT2D eigenvalue weighted by Crippen LogP contribution is 2.17. The highest BCUT2D eigenvalue weighted by atomic mass is 16.6. The first-order valence-corrected chi connectivity index (χ1v) is 4.32. The van der Waals surface area contributed by atoms with Crippen LogP contribution in [0, 0.1) is 0 Å². The van der Waals surface area contributed by atoms with E-state index < -0.39 is 0 Å². The molecule has 0 aromatic rings. The van der Waals surface area contributed by atoms with Gasteiger partial charge in [0.2, 0.25) is 0 Å². The van der Waals surface area contributed by atoms with Gasteiger partial charge in [0.25, 0.3) is 0 Å². The fourth-order valence-corrected chi connectivity index (χ4v) is 1.67. The van der Waals surface area contributed by atoms with E-state index in [0.717, 1.165) is 6.04 Å². The van der Waals surface area contributed by atoms with E-state index in [1.807, 2.05) is 7.05 Å². The summed E-state index contributed by atoms with van der Waals surface area (Å²) >= 11 is 0. The number of rotatable bonds is 3. The molecule has 3 nitrogen and oxygen atoms in total. The van der Waals surface area contributed by atoms with Gasteiger partial charge in [-0.3, -0.25) is 0 Å². The molecular weight excluding hydrogens is 140 g/mol. The minimum absolute atomic E-state index is 0.574. The third-order valence-electron chi connectivity index (χ3n) is 2.42. The van der Waals surface area contributed by atoms with Crippen LogP contribution in [0.4, 0.5) is 0 Å². The van der Waals surface area contributed by atoms with Gasteiger partial charge in [-0.2, -0.15) is 5.48 Å². The van der Waals surface area contributed by atoms with E-state index in [4.69, 9.17) is 4.84 Å². The average Bonchev–Trinajstić information content (AvgIpc) is 2.07. The predicted molar refractivity (Wildman–Crippen MR) is 45.2 cm³/mol. The standard InChI is InChI=1S/C8H18N2O/c1-9-7-3-5-8(6-4-7)10-11-2/h7-10H,3-6H2,1-2H3. The number of hydrogen-bond acceptors (Lipinski definition) is 3. The molecule has 1 rings (SSSR count). The van der Waals surface area contributed by atoms with Crippen LogP contribution in [0.15, 0.2) is 0 Å². The van der Waals surface area contributed by atoms with E-state index in [1.54, 1.807) is 7.11 Å². The van der Waals surface area contributed by atoms with Gasteiger partial charge in [0.15, 0.2) is 0 Å². The van der Waals surface area contributed by atoms with Crippen LogP contribution in [-0.2, 0) is 4.84 Å². The van der Waals surface area contributed by atoms with Crippen molar-refractivity contribution in [3.8, 4) is 0 Å². The molecule has 1 aliphatic carbocycles. The van der Waals surface area contributed by atoms with E-state index in [0.29, 0.717) is 6.04 Å². The highest BCUT2D eigenvalue weighted by molar-refractivity contribution is 4.77. The SMILES string of the molecule is CNC1CCC(NOC)CC1. The minimum atomic E-state index is 0.574. The van der Waals surface area contributed by atoms with Crippen molar-refractivity contribution in [2.24, 2.45) is 0 Å². The first-order valence-electron chi connectivity index (χ1n) is 4.32. The average molecular weight is 158 g/mol. The summed E-state index contributed by atoms with van der Waals surface area (Å²) in [6, 6.07) is 1.30. The molecule has 1 aliphatic rings. The normalized spacial score (nSPS) is 32.2. The second-order valence-electron chi connectivity index (χ2n) is 3.16. The zero-order valence-corrected chi connectivity index (χ0v) is 7.39. The number of hydrogen-bond donors (Lipinski definition) is 2. The van der Waals surface area contributed by atoms with Crippen LogP contribution in [0.5, 0.6) is 0 Å². The summed E-state index contributed by atoms with van der Waals surface area (Å²) in [7, 11) is 3.72. The second-order valence-corrected chi connectivity index (χ2v) is 3.16. The third kappa shape index (κ3) is 2.77. The smallest absolute Gasteiger partial charge is 0.0572 e. The molecule has 0 aromatic heterocycles. The van der Waals surface area contributed by atoms with Crippen LogP contribution in [0.3, 0.4) is 0 Å². The van der Waals surface area contributed by atoms with E-state index in [2.05, 4.69) is 10.8 Å². The van der Waals surface area contributed by atoms with Crippen LogP contribution >= 0.6 is 0 Å². The molecule has 1 fully saturated rings. The Kier molecular flexibility index (Phi) is 3.83. The van der Waals surface area contributed by atoms with Crippen LogP contribution < -0.4 is 10.8 Å². The maximum absolute atomic E-state index is 4.88. The summed E-state index contributed by atoms with van der Waals surface area (Å²) in [6.07, 6.45) is 4.97. The Morgan fingerprint density at radius 3 is 2.09 bits per heavy atom. The van der Waals surface area contributed by atoms with Gasteiger partial charge in [0.05, 0.1) is 7.11 Å². The fourth-order valence-electron chi connectivity index (χ4n) is 1.67. The maximum atomic E-state index is 4.88. The lowest BCUT2D eigenvalue weighted by atomic mass is 9.92. The summed E-state index contributed by atoms with van der Waals surface area (Å²) in [6.45, 7) is 0. The van der Waals surface area contributed by atoms with Gasteiger partial charge in [0.1, 0.15) is 0 Å². The molecule has 1 saturated carbocycles. The van der Waals surface area contributed by atoms with Crippen molar-refractivity contribution in [3.05, 3.63) is 0 Å². The summed E-state index contributed by atoms with van der Waals surface area (Å²) in [4.78, 5) is 4.88. The number of hydroxylamine groups is 1. The lowest BCUT2D eigenvalue weighted by Crippen LogP contribution is -2.38. The molecule has 3 heteroatoms.